The Morgan fingerprint density at radius 3 is 2.75 bits per heavy atom. The predicted octanol–water partition coefficient (Wildman–Crippen LogP) is 1.98. The molecule has 0 atom stereocenters. The van der Waals surface area contributed by atoms with E-state index >= 15 is 0 Å². The smallest absolute Gasteiger partial charge is 0.315 e. The zero-order chi connectivity index (χ0) is 17.4. The fourth-order valence-corrected chi connectivity index (χ4v) is 2.57. The van der Waals surface area contributed by atoms with Crippen molar-refractivity contribution < 1.29 is 9.90 Å². The van der Waals surface area contributed by atoms with E-state index in [0.717, 1.165) is 10.1 Å². The molecule has 2 heterocycles. The van der Waals surface area contributed by atoms with Crippen LogP contribution in [-0.2, 0) is 13.6 Å². The van der Waals surface area contributed by atoms with E-state index in [1.807, 2.05) is 0 Å². The largest absolute Gasteiger partial charge is 0.501 e. The van der Waals surface area contributed by atoms with Crippen molar-refractivity contribution in [2.75, 3.05) is 0 Å². The molecule has 7 nitrogen and oxygen atoms in total. The third-order valence-electron chi connectivity index (χ3n) is 3.47. The van der Waals surface area contributed by atoms with E-state index in [1.165, 1.54) is 4.68 Å². The highest BCUT2D eigenvalue weighted by Crippen LogP contribution is 2.22. The number of amides is 1. The minimum Gasteiger partial charge on any atom is -0.501 e. The summed E-state index contributed by atoms with van der Waals surface area (Å²) in [6.45, 7) is 0.144. The van der Waals surface area contributed by atoms with E-state index in [4.69, 9.17) is 23.2 Å². The van der Waals surface area contributed by atoms with Gasteiger partial charge in [0.05, 0.1) is 10.0 Å². The molecule has 3 rings (SSSR count). The second-order valence-corrected chi connectivity index (χ2v) is 5.92. The van der Waals surface area contributed by atoms with Crippen LogP contribution in [0.3, 0.4) is 0 Å². The molecule has 0 bridgehead atoms. The van der Waals surface area contributed by atoms with Crippen molar-refractivity contribution in [2.24, 2.45) is 7.05 Å². The molecule has 0 unspecified atom stereocenters. The van der Waals surface area contributed by atoms with E-state index in [0.29, 0.717) is 10.0 Å². The van der Waals surface area contributed by atoms with Crippen LogP contribution in [0, 0.1) is 0 Å². The van der Waals surface area contributed by atoms with Crippen LogP contribution < -0.4 is 10.9 Å². The number of halogens is 2. The van der Waals surface area contributed by atoms with Crippen molar-refractivity contribution >= 4 is 34.8 Å². The van der Waals surface area contributed by atoms with Gasteiger partial charge in [-0.2, -0.15) is 4.52 Å². The molecule has 3 aromatic rings. The van der Waals surface area contributed by atoms with Crippen LogP contribution in [0.25, 0.3) is 5.65 Å². The predicted molar refractivity (Wildman–Crippen MR) is 89.7 cm³/mol. The molecule has 2 N–H and O–H groups in total. The summed E-state index contributed by atoms with van der Waals surface area (Å²) >= 11 is 11.7. The summed E-state index contributed by atoms with van der Waals surface area (Å²) in [6, 6.07) is 6.50. The van der Waals surface area contributed by atoms with Gasteiger partial charge in [0.25, 0.3) is 5.91 Å². The van der Waals surface area contributed by atoms with E-state index in [1.54, 1.807) is 37.5 Å². The highest BCUT2D eigenvalue weighted by molar-refractivity contribution is 6.42. The number of carbonyl (C=O) groups is 1. The molecular formula is C15H12Cl2N4O3. The summed E-state index contributed by atoms with van der Waals surface area (Å²) in [5.74, 6) is -1.37. The Kier molecular flexibility index (Phi) is 4.21. The number of hydrogen-bond donors (Lipinski definition) is 2. The van der Waals surface area contributed by atoms with Crippen LogP contribution >= 0.6 is 23.2 Å². The van der Waals surface area contributed by atoms with Crippen LogP contribution in [0.15, 0.2) is 35.3 Å². The van der Waals surface area contributed by atoms with Gasteiger partial charge in [-0.1, -0.05) is 29.3 Å². The fourth-order valence-electron chi connectivity index (χ4n) is 2.25. The number of aryl methyl sites for hydroxylation is 1. The van der Waals surface area contributed by atoms with Crippen LogP contribution in [0.2, 0.25) is 10.0 Å². The lowest BCUT2D eigenvalue weighted by Crippen LogP contribution is -2.28. The molecule has 0 saturated heterocycles. The average molecular weight is 367 g/mol. The fraction of sp³-hybridized carbons (Fsp3) is 0.133. The first-order chi connectivity index (χ1) is 11.4. The second kappa shape index (κ2) is 6.18. The van der Waals surface area contributed by atoms with Gasteiger partial charge in [0.1, 0.15) is 0 Å². The van der Waals surface area contributed by atoms with Gasteiger partial charge in [-0.3, -0.25) is 14.3 Å². The molecule has 2 aromatic heterocycles. The first-order valence-electron chi connectivity index (χ1n) is 6.88. The van der Waals surface area contributed by atoms with Crippen molar-refractivity contribution in [1.29, 1.82) is 0 Å². The first kappa shape index (κ1) is 16.4. The van der Waals surface area contributed by atoms with E-state index in [-0.39, 0.29) is 17.9 Å². The highest BCUT2D eigenvalue weighted by Gasteiger charge is 2.19. The maximum atomic E-state index is 12.2. The Morgan fingerprint density at radius 2 is 2.04 bits per heavy atom. The van der Waals surface area contributed by atoms with Crippen LogP contribution in [0.4, 0.5) is 0 Å². The zero-order valence-corrected chi connectivity index (χ0v) is 14.0. The SMILES string of the molecule is Cn1ccc2nc(C(=O)NCc3ccc(Cl)c(Cl)c3)c(O)c(=O)n21. The normalized spacial score (nSPS) is 11.0. The Labute approximate surface area is 146 Å². The third-order valence-corrected chi connectivity index (χ3v) is 4.21. The zero-order valence-electron chi connectivity index (χ0n) is 12.5. The molecule has 0 aliphatic rings. The van der Waals surface area contributed by atoms with E-state index in [2.05, 4.69) is 10.3 Å². The topological polar surface area (TPSA) is 88.6 Å². The van der Waals surface area contributed by atoms with Crippen molar-refractivity contribution in [3.63, 3.8) is 0 Å². The molecule has 0 saturated carbocycles. The van der Waals surface area contributed by atoms with Gasteiger partial charge in [-0.15, -0.1) is 0 Å². The lowest BCUT2D eigenvalue weighted by Gasteiger charge is -2.08. The quantitative estimate of drug-likeness (QED) is 0.741. The van der Waals surface area contributed by atoms with Crippen LogP contribution in [0.5, 0.6) is 5.75 Å². The van der Waals surface area contributed by atoms with Crippen molar-refractivity contribution in [2.45, 2.75) is 6.54 Å². The Balaban J connectivity index is 1.87. The molecule has 124 valence electrons. The van der Waals surface area contributed by atoms with Crippen LogP contribution in [0.1, 0.15) is 16.1 Å². The standard InChI is InChI=1S/C15H12Cl2N4O3/c1-20-5-4-11-19-12(13(22)15(24)21(11)20)14(23)18-7-8-2-3-9(16)10(17)6-8/h2-6,22H,7H2,1H3,(H,18,23). The molecule has 0 aliphatic heterocycles. The van der Waals surface area contributed by atoms with E-state index < -0.39 is 17.2 Å². The van der Waals surface area contributed by atoms with Crippen LogP contribution in [-0.4, -0.2) is 25.2 Å². The van der Waals surface area contributed by atoms with Gasteiger partial charge >= 0.3 is 5.56 Å². The number of aromatic hydroxyl groups is 1. The Bertz CT molecular complexity index is 1010. The Morgan fingerprint density at radius 1 is 1.29 bits per heavy atom. The maximum Gasteiger partial charge on any atom is 0.315 e. The van der Waals surface area contributed by atoms with Crippen molar-refractivity contribution in [3.05, 3.63) is 62.1 Å². The summed E-state index contributed by atoms with van der Waals surface area (Å²) < 4.78 is 2.62. The monoisotopic (exact) mass is 366 g/mol. The second-order valence-electron chi connectivity index (χ2n) is 5.10. The summed E-state index contributed by atoms with van der Waals surface area (Å²) in [5, 5.41) is 13.3. The molecular weight excluding hydrogens is 355 g/mol. The lowest BCUT2D eigenvalue weighted by molar-refractivity contribution is 0.0942. The van der Waals surface area contributed by atoms with Crippen molar-refractivity contribution in [1.82, 2.24) is 19.5 Å². The van der Waals surface area contributed by atoms with Gasteiger partial charge in [0.15, 0.2) is 11.3 Å². The average Bonchev–Trinajstić information content (AvgIpc) is 2.93. The van der Waals surface area contributed by atoms with Gasteiger partial charge in [0.2, 0.25) is 5.75 Å². The summed E-state index contributed by atoms with van der Waals surface area (Å²) in [5.41, 5.74) is -0.0619. The number of aromatic nitrogens is 3. The molecule has 0 fully saturated rings. The molecule has 9 heteroatoms. The molecule has 1 amide bonds. The first-order valence-corrected chi connectivity index (χ1v) is 7.63. The molecule has 0 aliphatic carbocycles. The number of nitrogens with one attached hydrogen (secondary N) is 1. The molecule has 24 heavy (non-hydrogen) atoms. The number of rotatable bonds is 3. The lowest BCUT2D eigenvalue weighted by atomic mass is 10.2. The van der Waals surface area contributed by atoms with Gasteiger partial charge < -0.3 is 10.4 Å². The molecule has 0 radical (unpaired) electrons. The highest BCUT2D eigenvalue weighted by atomic mass is 35.5. The van der Waals surface area contributed by atoms with Gasteiger partial charge in [-0.05, 0) is 17.7 Å². The molecule has 1 aromatic carbocycles. The van der Waals surface area contributed by atoms with Crippen molar-refractivity contribution in [3.8, 4) is 5.75 Å². The van der Waals surface area contributed by atoms with Gasteiger partial charge in [-0.25, -0.2) is 4.98 Å². The molecule has 0 spiro atoms. The summed E-state index contributed by atoms with van der Waals surface area (Å²) in [4.78, 5) is 28.4. The minimum absolute atomic E-state index is 0.144. The number of hydrogen-bond acceptors (Lipinski definition) is 4. The number of benzene rings is 1. The number of nitrogens with zero attached hydrogens (tertiary/aromatic N) is 3. The summed E-state index contributed by atoms with van der Waals surface area (Å²) in [6.07, 6.45) is 1.60. The number of carbonyl (C=O) groups excluding carboxylic acids is 1. The minimum atomic E-state index is -0.716. The maximum absolute atomic E-state index is 12.2. The van der Waals surface area contributed by atoms with E-state index in [9.17, 15) is 14.7 Å². The number of fused-ring (bicyclic) bond motifs is 1. The Hall–Kier alpha value is -2.51. The van der Waals surface area contributed by atoms with Gasteiger partial charge in [0, 0.05) is 25.9 Å². The third kappa shape index (κ3) is 2.83. The summed E-state index contributed by atoms with van der Waals surface area (Å²) in [7, 11) is 1.62.